The molecule has 8 unspecified atom stereocenters. The van der Waals surface area contributed by atoms with Gasteiger partial charge in [0.1, 0.15) is 24.4 Å². The van der Waals surface area contributed by atoms with Crippen LogP contribution in [0.4, 0.5) is 0 Å². The zero-order chi connectivity index (χ0) is 68.1. The molecule has 542 valence electrons. The van der Waals surface area contributed by atoms with Crippen LogP contribution in [0.3, 0.4) is 0 Å². The number of hydrogen-bond acceptors (Lipinski definition) is 10. The number of ether oxygens (including phenoxy) is 3. The van der Waals surface area contributed by atoms with E-state index in [1.807, 2.05) is 6.08 Å². The Bertz CT molecular complexity index is 1950. The number of esters is 1. The van der Waals surface area contributed by atoms with E-state index in [1.54, 1.807) is 6.08 Å². The minimum absolute atomic E-state index is 0.109. The fourth-order valence-corrected chi connectivity index (χ4v) is 11.8. The van der Waals surface area contributed by atoms with Crippen LogP contribution in [0.5, 0.6) is 0 Å². The van der Waals surface area contributed by atoms with Gasteiger partial charge in [-0.3, -0.25) is 9.59 Å². The van der Waals surface area contributed by atoms with Crippen LogP contribution in [-0.4, -0.2) is 99.6 Å². The first-order valence-electron chi connectivity index (χ1n) is 39.2. The Balaban J connectivity index is 2.51. The molecule has 94 heavy (non-hydrogen) atoms. The van der Waals surface area contributed by atoms with Crippen molar-refractivity contribution in [2.24, 2.45) is 0 Å². The predicted octanol–water partition coefficient (Wildman–Crippen LogP) is 21.1. The van der Waals surface area contributed by atoms with E-state index in [0.717, 1.165) is 116 Å². The smallest absolute Gasteiger partial charge is 0.306 e. The molecule has 0 aliphatic carbocycles. The first kappa shape index (κ1) is 88.3. The van der Waals surface area contributed by atoms with Gasteiger partial charge in [0.15, 0.2) is 12.4 Å². The maximum absolute atomic E-state index is 13.5. The van der Waals surface area contributed by atoms with Crippen LogP contribution in [0, 0.1) is 0 Å². The highest BCUT2D eigenvalue weighted by molar-refractivity contribution is 5.80. The second kappa shape index (κ2) is 69.2. The fourth-order valence-electron chi connectivity index (χ4n) is 11.8. The Morgan fingerprint density at radius 3 is 1.17 bits per heavy atom. The number of aliphatic hydroxyl groups excluding tert-OH is 5. The summed E-state index contributed by atoms with van der Waals surface area (Å²) >= 11 is 0. The molecule has 6 N–H and O–H groups in total. The summed E-state index contributed by atoms with van der Waals surface area (Å²) in [7, 11) is 0. The first-order chi connectivity index (χ1) is 46.2. The van der Waals surface area contributed by atoms with Gasteiger partial charge in [-0.25, -0.2) is 0 Å². The van der Waals surface area contributed by atoms with Crippen molar-refractivity contribution in [1.29, 1.82) is 0 Å². The standard InChI is InChI=1S/C83H145NO10/c1-4-7-10-13-16-19-22-25-27-29-31-33-35-37-39-41-43-45-47-49-51-53-56-59-62-65-68-71-78(88)94-81-80(90)79(89)77(72-85)93-83(81)92-73-74(75(86)69-66-63-60-57-54-24-21-18-15-12-9-6-3)84-82(91)76(87)70-67-64-61-58-55-52-50-48-46-44-42-40-38-36-34-32-30-28-26-23-20-17-14-11-8-5-2/h7,10,16-17,19-20,25-28,31,33,37,39,43,45,66,69,74-77,79-81,83,85-87,89-90H,4-6,8-9,11-15,18,21-24,29-30,32,34-36,38,40-42,44,46-65,67-68,70-73H2,1-3H3,(H,84,91)/b10-7-,19-16-,20-17-,27-25-,28-26-,33-31-,39-37-,45-43-,69-66+. The van der Waals surface area contributed by atoms with Gasteiger partial charge in [0, 0.05) is 6.42 Å². The number of amides is 1. The number of carbonyl (C=O) groups excluding carboxylic acids is 2. The SMILES string of the molecule is CC/C=C\C/C=C\C/C=C\C/C=C\C/C=C\C/C=C\CCCCCCCCCCC(=O)OC1C(OCC(NC(=O)C(O)CCCCCCCCCCCCCCCCCC/C=C\C/C=C\CCCCC)C(O)/C=C/CCCCCCCCCCCC)OC(CO)C(O)C1O. The van der Waals surface area contributed by atoms with E-state index in [9.17, 15) is 35.1 Å². The third-order valence-electron chi connectivity index (χ3n) is 17.9. The van der Waals surface area contributed by atoms with Crippen molar-refractivity contribution in [2.45, 2.75) is 391 Å². The maximum atomic E-state index is 13.5. The summed E-state index contributed by atoms with van der Waals surface area (Å²) in [6.07, 6.45) is 85.6. The molecule has 11 nitrogen and oxygen atoms in total. The van der Waals surface area contributed by atoms with Crippen LogP contribution in [0.25, 0.3) is 0 Å². The molecule has 0 aromatic heterocycles. The van der Waals surface area contributed by atoms with Crippen molar-refractivity contribution in [1.82, 2.24) is 5.32 Å². The molecule has 1 aliphatic rings. The monoisotopic (exact) mass is 1320 g/mol. The number of allylic oxidation sites excluding steroid dienone is 17. The summed E-state index contributed by atoms with van der Waals surface area (Å²) in [5.41, 5.74) is 0. The van der Waals surface area contributed by atoms with Crippen LogP contribution in [0.2, 0.25) is 0 Å². The third-order valence-corrected chi connectivity index (χ3v) is 17.9. The Kier molecular flexibility index (Phi) is 65.1. The summed E-state index contributed by atoms with van der Waals surface area (Å²) in [5, 5.41) is 57.4. The van der Waals surface area contributed by atoms with Gasteiger partial charge in [-0.1, -0.05) is 336 Å². The largest absolute Gasteiger partial charge is 0.454 e. The van der Waals surface area contributed by atoms with Crippen LogP contribution in [-0.2, 0) is 23.8 Å². The van der Waals surface area contributed by atoms with Gasteiger partial charge in [0.25, 0.3) is 0 Å². The van der Waals surface area contributed by atoms with Crippen LogP contribution >= 0.6 is 0 Å². The highest BCUT2D eigenvalue weighted by atomic mass is 16.7. The first-order valence-corrected chi connectivity index (χ1v) is 39.2. The zero-order valence-electron chi connectivity index (χ0n) is 60.6. The molecule has 0 saturated carbocycles. The number of nitrogens with one attached hydrogen (secondary N) is 1. The lowest BCUT2D eigenvalue weighted by atomic mass is 9.99. The van der Waals surface area contributed by atoms with E-state index >= 15 is 0 Å². The topological polar surface area (TPSA) is 175 Å². The molecule has 1 amide bonds. The lowest BCUT2D eigenvalue weighted by Crippen LogP contribution is -2.61. The molecule has 1 rings (SSSR count). The molecule has 11 heteroatoms. The van der Waals surface area contributed by atoms with Crippen molar-refractivity contribution in [3.05, 3.63) is 109 Å². The molecule has 1 aliphatic heterocycles. The van der Waals surface area contributed by atoms with Crippen LogP contribution < -0.4 is 5.32 Å². The predicted molar refractivity (Wildman–Crippen MR) is 398 cm³/mol. The van der Waals surface area contributed by atoms with Gasteiger partial charge in [-0.05, 0) is 109 Å². The second-order valence-electron chi connectivity index (χ2n) is 26.7. The molecular weight excluding hydrogens is 1170 g/mol. The molecule has 0 aromatic carbocycles. The number of hydrogen-bond donors (Lipinski definition) is 6. The normalized spacial score (nSPS) is 18.4. The lowest BCUT2D eigenvalue weighted by Gasteiger charge is -2.41. The van der Waals surface area contributed by atoms with Crippen molar-refractivity contribution in [3.63, 3.8) is 0 Å². The molecule has 1 heterocycles. The van der Waals surface area contributed by atoms with Gasteiger partial charge < -0.3 is 45.1 Å². The quantitative estimate of drug-likeness (QED) is 0.0195. The Labute approximate surface area is 577 Å². The van der Waals surface area contributed by atoms with Gasteiger partial charge in [-0.2, -0.15) is 0 Å². The summed E-state index contributed by atoms with van der Waals surface area (Å²) in [5.74, 6) is -1.20. The number of rotatable bonds is 67. The molecular formula is C83H145NO10. The number of carbonyl (C=O) groups is 2. The van der Waals surface area contributed by atoms with E-state index in [1.165, 1.54) is 180 Å². The molecule has 8 atom stereocenters. The van der Waals surface area contributed by atoms with E-state index in [-0.39, 0.29) is 19.4 Å². The average Bonchev–Trinajstić information content (AvgIpc) is 0.814. The van der Waals surface area contributed by atoms with Gasteiger partial charge in [0.05, 0.1) is 25.4 Å². The van der Waals surface area contributed by atoms with Gasteiger partial charge in [-0.15, -0.1) is 0 Å². The van der Waals surface area contributed by atoms with E-state index < -0.39 is 67.4 Å². The molecule has 1 fully saturated rings. The summed E-state index contributed by atoms with van der Waals surface area (Å²) in [6, 6.07) is -1.03. The fraction of sp³-hybridized carbons (Fsp3) is 0.759. The summed E-state index contributed by atoms with van der Waals surface area (Å²) < 4.78 is 17.7. The van der Waals surface area contributed by atoms with Crippen molar-refractivity contribution in [2.75, 3.05) is 13.2 Å². The second-order valence-corrected chi connectivity index (χ2v) is 26.7. The number of unbranched alkanes of at least 4 members (excludes halogenated alkanes) is 37. The average molecular weight is 1320 g/mol. The highest BCUT2D eigenvalue weighted by Gasteiger charge is 2.47. The zero-order valence-corrected chi connectivity index (χ0v) is 60.6. The van der Waals surface area contributed by atoms with Crippen molar-refractivity contribution >= 4 is 11.9 Å². The summed E-state index contributed by atoms with van der Waals surface area (Å²) in [6.45, 7) is 5.69. The van der Waals surface area contributed by atoms with E-state index in [0.29, 0.717) is 12.8 Å². The van der Waals surface area contributed by atoms with Gasteiger partial charge in [0.2, 0.25) is 5.91 Å². The van der Waals surface area contributed by atoms with Crippen molar-refractivity contribution in [3.8, 4) is 0 Å². The lowest BCUT2D eigenvalue weighted by molar-refractivity contribution is -0.305. The third kappa shape index (κ3) is 55.3. The molecule has 0 bridgehead atoms. The maximum Gasteiger partial charge on any atom is 0.306 e. The Morgan fingerprint density at radius 1 is 0.426 bits per heavy atom. The Morgan fingerprint density at radius 2 is 0.766 bits per heavy atom. The number of aliphatic hydroxyl groups is 5. The van der Waals surface area contributed by atoms with Crippen LogP contribution in [0.1, 0.15) is 342 Å². The van der Waals surface area contributed by atoms with E-state index in [4.69, 9.17) is 14.2 Å². The van der Waals surface area contributed by atoms with Gasteiger partial charge >= 0.3 is 5.97 Å². The molecule has 1 saturated heterocycles. The van der Waals surface area contributed by atoms with E-state index in [2.05, 4.69) is 123 Å². The summed E-state index contributed by atoms with van der Waals surface area (Å²) in [4.78, 5) is 26.8. The molecule has 0 spiro atoms. The highest BCUT2D eigenvalue weighted by Crippen LogP contribution is 2.26. The Hall–Kier alpha value is -3.68. The molecule has 0 aromatic rings. The minimum atomic E-state index is -1.62. The minimum Gasteiger partial charge on any atom is -0.454 e. The van der Waals surface area contributed by atoms with Crippen molar-refractivity contribution < 1.29 is 49.3 Å². The van der Waals surface area contributed by atoms with Crippen LogP contribution in [0.15, 0.2) is 109 Å². The molecule has 0 radical (unpaired) electrons.